The van der Waals surface area contributed by atoms with Crippen LogP contribution in [0.15, 0.2) is 0 Å². The molecule has 0 saturated carbocycles. The Morgan fingerprint density at radius 3 is 1.24 bits per heavy atom. The van der Waals surface area contributed by atoms with Crippen molar-refractivity contribution in [3.05, 3.63) is 0 Å². The maximum Gasteiger partial charge on any atom is 0.407 e. The van der Waals surface area contributed by atoms with Crippen LogP contribution in [0.25, 0.3) is 0 Å². The number of rotatable bonds is 21. The molecule has 264 valence electrons. The van der Waals surface area contributed by atoms with E-state index in [2.05, 4.69) is 62.8 Å². The number of hydrogen-bond donors (Lipinski definition) is 4. The van der Waals surface area contributed by atoms with Crippen molar-refractivity contribution in [3.8, 4) is 0 Å². The summed E-state index contributed by atoms with van der Waals surface area (Å²) in [6.07, 6.45) is 0.210. The van der Waals surface area contributed by atoms with E-state index in [-0.39, 0.29) is 48.1 Å². The average molecular weight is 647 g/mol. The van der Waals surface area contributed by atoms with Crippen molar-refractivity contribution in [2.75, 3.05) is 46.5 Å². The molecule has 0 radical (unpaired) electrons. The lowest BCUT2D eigenvalue weighted by atomic mass is 9.80. The van der Waals surface area contributed by atoms with Crippen LogP contribution >= 0.6 is 0 Å². The summed E-state index contributed by atoms with van der Waals surface area (Å²) in [7, 11) is 1.45. The van der Waals surface area contributed by atoms with E-state index in [9.17, 15) is 19.2 Å². The highest BCUT2D eigenvalue weighted by Gasteiger charge is 2.24. The molecule has 0 bridgehead atoms. The molecule has 0 aliphatic rings. The molecular formula is C32H62N4O9. The number of amides is 4. The zero-order valence-corrected chi connectivity index (χ0v) is 29.6. The van der Waals surface area contributed by atoms with Crippen LogP contribution in [-0.2, 0) is 23.7 Å². The molecule has 4 amide bonds. The quantitative estimate of drug-likeness (QED) is 0.116. The Balaban J connectivity index is 4.24. The van der Waals surface area contributed by atoms with Gasteiger partial charge in [0.15, 0.2) is 0 Å². The fourth-order valence-corrected chi connectivity index (χ4v) is 4.89. The summed E-state index contributed by atoms with van der Waals surface area (Å²) in [4.78, 5) is 47.8. The summed E-state index contributed by atoms with van der Waals surface area (Å²) < 4.78 is 26.0. The number of carbonyl (C=O) groups is 4. The molecule has 45 heavy (non-hydrogen) atoms. The van der Waals surface area contributed by atoms with Crippen molar-refractivity contribution in [2.24, 2.45) is 22.7 Å². The molecule has 0 aliphatic heterocycles. The van der Waals surface area contributed by atoms with Crippen LogP contribution in [0.4, 0.5) is 19.2 Å². The third-order valence-corrected chi connectivity index (χ3v) is 6.95. The van der Waals surface area contributed by atoms with Gasteiger partial charge in [-0.25, -0.2) is 19.2 Å². The zero-order chi connectivity index (χ0) is 34.6. The summed E-state index contributed by atoms with van der Waals surface area (Å²) >= 11 is 0. The van der Waals surface area contributed by atoms with E-state index >= 15 is 0 Å². The minimum Gasteiger partial charge on any atom is -0.447 e. The molecule has 0 aromatic heterocycles. The topological polar surface area (TPSA) is 163 Å². The largest absolute Gasteiger partial charge is 0.447 e. The molecule has 0 aromatic rings. The summed E-state index contributed by atoms with van der Waals surface area (Å²) in [5.41, 5.74) is -0.138. The van der Waals surface area contributed by atoms with Gasteiger partial charge in [-0.1, -0.05) is 41.5 Å². The average Bonchev–Trinajstić information content (AvgIpc) is 2.89. The highest BCUT2D eigenvalue weighted by molar-refractivity contribution is 5.68. The van der Waals surface area contributed by atoms with Crippen LogP contribution in [0, 0.1) is 22.7 Å². The molecule has 13 heteroatoms. The number of methoxy groups -OCH3 is 1. The van der Waals surface area contributed by atoms with Gasteiger partial charge in [0.2, 0.25) is 0 Å². The van der Waals surface area contributed by atoms with Crippen LogP contribution in [-0.4, -0.2) is 89.2 Å². The van der Waals surface area contributed by atoms with Crippen molar-refractivity contribution in [3.63, 3.8) is 0 Å². The molecule has 13 nitrogen and oxygen atoms in total. The van der Waals surface area contributed by atoms with Crippen molar-refractivity contribution in [1.82, 2.24) is 21.3 Å². The Morgan fingerprint density at radius 2 is 0.933 bits per heavy atom. The van der Waals surface area contributed by atoms with Crippen molar-refractivity contribution >= 4 is 24.4 Å². The Kier molecular flexibility index (Phi) is 20.3. The zero-order valence-electron chi connectivity index (χ0n) is 29.6. The molecule has 0 fully saturated rings. The third kappa shape index (κ3) is 24.0. The number of alkyl carbamates (subject to hydrolysis) is 4. The van der Waals surface area contributed by atoms with E-state index < -0.39 is 30.5 Å². The lowest BCUT2D eigenvalue weighted by Gasteiger charge is -2.28. The lowest BCUT2D eigenvalue weighted by Crippen LogP contribution is -2.36. The smallest absolute Gasteiger partial charge is 0.407 e. The van der Waals surface area contributed by atoms with Crippen LogP contribution < -0.4 is 21.3 Å². The fourth-order valence-electron chi connectivity index (χ4n) is 4.89. The number of ether oxygens (including phenoxy) is 5. The molecule has 0 heterocycles. The maximum atomic E-state index is 12.2. The van der Waals surface area contributed by atoms with Crippen LogP contribution in [0.1, 0.15) is 94.9 Å². The van der Waals surface area contributed by atoms with Gasteiger partial charge in [-0.15, -0.1) is 0 Å². The van der Waals surface area contributed by atoms with Gasteiger partial charge in [-0.05, 0) is 76.0 Å². The van der Waals surface area contributed by atoms with Gasteiger partial charge in [0.05, 0.1) is 12.2 Å². The molecule has 0 rings (SSSR count). The first-order valence-corrected chi connectivity index (χ1v) is 16.1. The summed E-state index contributed by atoms with van der Waals surface area (Å²) in [6, 6.07) is 0. The van der Waals surface area contributed by atoms with Crippen molar-refractivity contribution in [2.45, 2.75) is 113 Å². The maximum absolute atomic E-state index is 12.2. The molecule has 2 atom stereocenters. The Labute approximate surface area is 270 Å². The molecule has 2 unspecified atom stereocenters. The summed E-state index contributed by atoms with van der Waals surface area (Å²) in [5, 5.41) is 11.1. The molecular weight excluding hydrogens is 584 g/mol. The van der Waals surface area contributed by atoms with Crippen LogP contribution in [0.3, 0.4) is 0 Å². The first-order valence-electron chi connectivity index (χ1n) is 16.1. The number of carbonyl (C=O) groups excluding carboxylic acids is 4. The van der Waals surface area contributed by atoms with Crippen LogP contribution in [0.5, 0.6) is 0 Å². The molecule has 4 N–H and O–H groups in total. The molecule has 0 saturated heterocycles. The minimum absolute atomic E-state index is 0.0692. The SMILES string of the molecule is COC(COC(=O)NCCC(C)(C)CC(C)CNC(=O)OC(C)C)COC(=O)NCCC(C)(C)CC(C)CNC(=O)OC(C)C. The lowest BCUT2D eigenvalue weighted by molar-refractivity contribution is -0.00465. The summed E-state index contributed by atoms with van der Waals surface area (Å²) in [6.45, 7) is 21.5. The van der Waals surface area contributed by atoms with E-state index in [1.807, 2.05) is 0 Å². The van der Waals surface area contributed by atoms with Gasteiger partial charge < -0.3 is 45.0 Å². The normalized spacial score (nSPS) is 13.8. The first kappa shape index (κ1) is 42.0. The third-order valence-electron chi connectivity index (χ3n) is 6.95. The standard InChI is InChI=1S/C32H62N4O9/c1-22(2)44-29(39)35-18-24(5)16-31(7,8)12-14-33-27(37)42-20-26(41-11)21-43-28(38)34-15-13-32(9,10)17-25(6)19-36-30(40)45-23(3)4/h22-26H,12-21H2,1-11H3,(H,33,37)(H,34,38)(H,35,39)(H,36,40). The van der Waals surface area contributed by atoms with Crippen LogP contribution in [0.2, 0.25) is 0 Å². The first-order chi connectivity index (χ1) is 20.8. The molecule has 0 aliphatic carbocycles. The van der Waals surface area contributed by atoms with Gasteiger partial charge in [-0.2, -0.15) is 0 Å². The van der Waals surface area contributed by atoms with Gasteiger partial charge in [0.25, 0.3) is 0 Å². The number of hydrogen-bond acceptors (Lipinski definition) is 9. The van der Waals surface area contributed by atoms with Gasteiger partial charge in [-0.3, -0.25) is 0 Å². The molecule has 0 aromatic carbocycles. The Morgan fingerprint density at radius 1 is 0.578 bits per heavy atom. The van der Waals surface area contributed by atoms with E-state index in [1.165, 1.54) is 7.11 Å². The minimum atomic E-state index is -0.610. The van der Waals surface area contributed by atoms with Gasteiger partial charge in [0, 0.05) is 33.3 Å². The second-order valence-corrected chi connectivity index (χ2v) is 14.0. The predicted octanol–water partition coefficient (Wildman–Crippen LogP) is 5.61. The van der Waals surface area contributed by atoms with Crippen molar-refractivity contribution in [1.29, 1.82) is 0 Å². The fraction of sp³-hybridized carbons (Fsp3) is 0.875. The Hall–Kier alpha value is -2.96. The monoisotopic (exact) mass is 646 g/mol. The highest BCUT2D eigenvalue weighted by atomic mass is 16.6. The summed E-state index contributed by atoms with van der Waals surface area (Å²) in [5.74, 6) is 0.467. The molecule has 0 spiro atoms. The van der Waals surface area contributed by atoms with E-state index in [0.717, 1.165) is 25.7 Å². The highest BCUT2D eigenvalue weighted by Crippen LogP contribution is 2.29. The second kappa shape index (κ2) is 21.7. The number of nitrogens with one attached hydrogen (secondary N) is 4. The van der Waals surface area contributed by atoms with Gasteiger partial charge >= 0.3 is 24.4 Å². The van der Waals surface area contributed by atoms with E-state index in [4.69, 9.17) is 23.7 Å². The second-order valence-electron chi connectivity index (χ2n) is 14.0. The van der Waals surface area contributed by atoms with Crippen molar-refractivity contribution < 1.29 is 42.9 Å². The van der Waals surface area contributed by atoms with E-state index in [0.29, 0.717) is 26.2 Å². The van der Waals surface area contributed by atoms with E-state index in [1.54, 1.807) is 27.7 Å². The van der Waals surface area contributed by atoms with Gasteiger partial charge in [0.1, 0.15) is 19.3 Å². The predicted molar refractivity (Wildman–Crippen MR) is 173 cm³/mol. The Bertz CT molecular complexity index is 813.